The highest BCUT2D eigenvalue weighted by Gasteiger charge is 2.31. The number of carboxylic acid groups (broad SMARTS) is 1. The molecular weight excluding hydrogens is 277 g/mol. The van der Waals surface area contributed by atoms with Gasteiger partial charge in [-0.1, -0.05) is 5.21 Å². The van der Waals surface area contributed by atoms with Crippen molar-refractivity contribution in [3.05, 3.63) is 23.3 Å². The Balaban J connectivity index is 2.68. The van der Waals surface area contributed by atoms with Gasteiger partial charge in [-0.3, -0.25) is 0 Å². The van der Waals surface area contributed by atoms with Crippen molar-refractivity contribution in [1.82, 2.24) is 15.0 Å². The van der Waals surface area contributed by atoms with Gasteiger partial charge >= 0.3 is 12.1 Å². The second-order valence-corrected chi connectivity index (χ2v) is 3.58. The molecule has 1 aromatic heterocycles. The first-order chi connectivity index (χ1) is 8.70. The molecule has 0 bridgehead atoms. The summed E-state index contributed by atoms with van der Waals surface area (Å²) in [6.07, 6.45) is -4.70. The molecule has 0 saturated carbocycles. The predicted molar refractivity (Wildman–Crippen MR) is 50.5 cm³/mol. The molecule has 0 amide bonds. The summed E-state index contributed by atoms with van der Waals surface area (Å²) in [4.78, 5) is 10.6. The molecule has 5 nitrogen and oxygen atoms in total. The van der Waals surface area contributed by atoms with Gasteiger partial charge in [-0.05, 0) is 6.07 Å². The maximum absolute atomic E-state index is 13.6. The summed E-state index contributed by atoms with van der Waals surface area (Å²) in [5, 5.41) is 14.6. The largest absolute Gasteiger partial charge is 0.478 e. The van der Waals surface area contributed by atoms with E-state index in [4.69, 9.17) is 5.11 Å². The number of hydrogen-bond donors (Lipinski definition) is 1. The molecule has 0 aliphatic carbocycles. The van der Waals surface area contributed by atoms with Crippen LogP contribution in [0, 0.1) is 11.6 Å². The third-order valence-corrected chi connectivity index (χ3v) is 2.24. The fraction of sp³-hybridized carbons (Fsp3) is 0.222. The highest BCUT2D eigenvalue weighted by atomic mass is 19.4. The monoisotopic (exact) mass is 281 g/mol. The summed E-state index contributed by atoms with van der Waals surface area (Å²) in [5.41, 5.74) is -2.72. The predicted octanol–water partition coefficient (Wildman–Crippen LogP) is 1.97. The molecule has 1 N–H and O–H groups in total. The second-order valence-electron chi connectivity index (χ2n) is 3.58. The topological polar surface area (TPSA) is 68.0 Å². The van der Waals surface area contributed by atoms with Gasteiger partial charge in [0, 0.05) is 0 Å². The number of carbonyl (C=O) groups is 1. The van der Waals surface area contributed by atoms with Crippen LogP contribution < -0.4 is 0 Å². The van der Waals surface area contributed by atoms with Gasteiger partial charge in [-0.2, -0.15) is 13.2 Å². The van der Waals surface area contributed by atoms with E-state index in [-0.39, 0.29) is 10.7 Å². The van der Waals surface area contributed by atoms with Crippen molar-refractivity contribution in [2.75, 3.05) is 0 Å². The van der Waals surface area contributed by atoms with Crippen LogP contribution in [0.25, 0.3) is 11.0 Å². The van der Waals surface area contributed by atoms with E-state index in [1.165, 1.54) is 0 Å². The molecule has 1 aromatic carbocycles. The summed E-state index contributed by atoms with van der Waals surface area (Å²) in [5.74, 6) is -4.54. The lowest BCUT2D eigenvalue weighted by Gasteiger charge is -2.07. The molecule has 102 valence electrons. The third kappa shape index (κ3) is 2.33. The number of hydrogen-bond acceptors (Lipinski definition) is 3. The molecule has 1 heterocycles. The van der Waals surface area contributed by atoms with Gasteiger partial charge in [0.25, 0.3) is 0 Å². The zero-order valence-corrected chi connectivity index (χ0v) is 8.87. The number of aromatic carboxylic acids is 1. The third-order valence-electron chi connectivity index (χ3n) is 2.24. The van der Waals surface area contributed by atoms with Crippen LogP contribution in [0.5, 0.6) is 0 Å². The lowest BCUT2D eigenvalue weighted by molar-refractivity contribution is -0.142. The number of rotatable bonds is 2. The van der Waals surface area contributed by atoms with Crippen LogP contribution in [0.15, 0.2) is 6.07 Å². The van der Waals surface area contributed by atoms with Crippen LogP contribution in [0.4, 0.5) is 22.0 Å². The maximum atomic E-state index is 13.6. The number of carboxylic acids is 1. The summed E-state index contributed by atoms with van der Waals surface area (Å²) in [7, 11) is 0. The summed E-state index contributed by atoms with van der Waals surface area (Å²) < 4.78 is 63.8. The fourth-order valence-corrected chi connectivity index (χ4v) is 1.52. The van der Waals surface area contributed by atoms with Crippen LogP contribution in [0.2, 0.25) is 0 Å². The molecular formula is C9H4F5N3O2. The zero-order chi connectivity index (χ0) is 14.4. The van der Waals surface area contributed by atoms with E-state index in [9.17, 15) is 26.7 Å². The Morgan fingerprint density at radius 1 is 1.37 bits per heavy atom. The molecule has 2 aromatic rings. The fourth-order valence-electron chi connectivity index (χ4n) is 1.52. The molecule has 0 radical (unpaired) electrons. The molecule has 0 aliphatic rings. The number of benzene rings is 1. The number of alkyl halides is 3. The van der Waals surface area contributed by atoms with E-state index in [0.29, 0.717) is 0 Å². The van der Waals surface area contributed by atoms with Crippen LogP contribution >= 0.6 is 0 Å². The van der Waals surface area contributed by atoms with E-state index >= 15 is 0 Å². The number of aromatic nitrogens is 3. The van der Waals surface area contributed by atoms with Gasteiger partial charge in [-0.25, -0.2) is 18.3 Å². The number of fused-ring (bicyclic) bond motifs is 1. The van der Waals surface area contributed by atoms with Crippen LogP contribution in [0.3, 0.4) is 0 Å². The summed E-state index contributed by atoms with van der Waals surface area (Å²) >= 11 is 0. The van der Waals surface area contributed by atoms with Crippen LogP contribution in [0.1, 0.15) is 10.4 Å². The maximum Gasteiger partial charge on any atom is 0.408 e. The first kappa shape index (κ1) is 13.2. The normalized spacial score (nSPS) is 12.1. The van der Waals surface area contributed by atoms with Crippen LogP contribution in [-0.2, 0) is 6.54 Å². The van der Waals surface area contributed by atoms with Crippen molar-refractivity contribution in [2.45, 2.75) is 12.7 Å². The Bertz CT molecular complexity index is 664. The van der Waals surface area contributed by atoms with Crippen molar-refractivity contribution >= 4 is 17.0 Å². The molecule has 0 saturated heterocycles. The quantitative estimate of drug-likeness (QED) is 0.854. The number of halogens is 5. The van der Waals surface area contributed by atoms with Gasteiger partial charge in [0.15, 0.2) is 17.2 Å². The van der Waals surface area contributed by atoms with Crippen molar-refractivity contribution < 1.29 is 31.9 Å². The van der Waals surface area contributed by atoms with Crippen molar-refractivity contribution in [3.8, 4) is 0 Å². The van der Waals surface area contributed by atoms with Crippen molar-refractivity contribution in [1.29, 1.82) is 0 Å². The minimum atomic E-state index is -4.70. The van der Waals surface area contributed by atoms with Gasteiger partial charge in [-0.15, -0.1) is 5.10 Å². The van der Waals surface area contributed by atoms with Gasteiger partial charge < -0.3 is 5.11 Å². The molecule has 19 heavy (non-hydrogen) atoms. The highest BCUT2D eigenvalue weighted by Crippen LogP contribution is 2.25. The molecule has 0 fully saturated rings. The van der Waals surface area contributed by atoms with E-state index < -0.39 is 46.9 Å². The molecule has 0 atom stereocenters. The van der Waals surface area contributed by atoms with E-state index in [0.717, 1.165) is 0 Å². The smallest absolute Gasteiger partial charge is 0.408 e. The van der Waals surface area contributed by atoms with Gasteiger partial charge in [0.2, 0.25) is 0 Å². The molecule has 0 aliphatic heterocycles. The molecule has 0 spiro atoms. The Kier molecular flexibility index (Phi) is 2.87. The summed E-state index contributed by atoms with van der Waals surface area (Å²) in [6, 6.07) is 0.288. The highest BCUT2D eigenvalue weighted by molar-refractivity contribution is 5.93. The van der Waals surface area contributed by atoms with Crippen LogP contribution in [-0.4, -0.2) is 32.2 Å². The van der Waals surface area contributed by atoms with Crippen molar-refractivity contribution in [2.24, 2.45) is 0 Å². The minimum absolute atomic E-state index is 0.124. The minimum Gasteiger partial charge on any atom is -0.478 e. The van der Waals surface area contributed by atoms with Gasteiger partial charge in [0.1, 0.15) is 17.6 Å². The molecule has 0 unspecified atom stereocenters. The standard InChI is InChI=1S/C9H4F5N3O2/c10-4-1-3(8(18)19)5(11)6-7(4)17(16-15-6)2-9(12,13)14/h1H,2H2,(H,18,19). The lowest BCUT2D eigenvalue weighted by Crippen LogP contribution is -2.19. The average molecular weight is 281 g/mol. The Morgan fingerprint density at radius 2 is 2.00 bits per heavy atom. The van der Waals surface area contributed by atoms with E-state index in [1.807, 2.05) is 0 Å². The molecule has 10 heteroatoms. The lowest BCUT2D eigenvalue weighted by atomic mass is 10.1. The Labute approximate surface area is 101 Å². The average Bonchev–Trinajstić information content (AvgIpc) is 2.65. The first-order valence-electron chi connectivity index (χ1n) is 4.72. The first-order valence-corrected chi connectivity index (χ1v) is 4.72. The second kappa shape index (κ2) is 4.14. The Hall–Kier alpha value is -2.26. The summed E-state index contributed by atoms with van der Waals surface area (Å²) in [6.45, 7) is -1.66. The van der Waals surface area contributed by atoms with E-state index in [1.54, 1.807) is 0 Å². The number of nitrogens with zero attached hydrogens (tertiary/aromatic N) is 3. The van der Waals surface area contributed by atoms with E-state index in [2.05, 4.69) is 10.3 Å². The Morgan fingerprint density at radius 3 is 2.53 bits per heavy atom. The SMILES string of the molecule is O=C(O)c1cc(F)c2c(nnn2CC(F)(F)F)c1F. The van der Waals surface area contributed by atoms with Crippen molar-refractivity contribution in [3.63, 3.8) is 0 Å². The molecule has 2 rings (SSSR count). The zero-order valence-electron chi connectivity index (χ0n) is 8.87. The van der Waals surface area contributed by atoms with Gasteiger partial charge in [0.05, 0.1) is 0 Å².